The lowest BCUT2D eigenvalue weighted by Gasteiger charge is -2.11. The maximum absolute atomic E-state index is 11.8. The van der Waals surface area contributed by atoms with Crippen molar-refractivity contribution in [1.82, 2.24) is 0 Å². The van der Waals surface area contributed by atoms with E-state index in [2.05, 4.69) is 6.07 Å². The fourth-order valence-corrected chi connectivity index (χ4v) is 5.46. The second-order valence-electron chi connectivity index (χ2n) is 6.60. The molecule has 0 bridgehead atoms. The third kappa shape index (κ3) is 2.62. The molecule has 0 aromatic heterocycles. The highest BCUT2D eigenvalue weighted by Gasteiger charge is 2.32. The molecule has 0 aliphatic carbocycles. The number of hydrogen-bond acceptors (Lipinski definition) is 6. The van der Waals surface area contributed by atoms with Gasteiger partial charge in [-0.3, -0.25) is 0 Å². The number of para-hydroxylation sites is 2. The van der Waals surface area contributed by atoms with Gasteiger partial charge in [-0.2, -0.15) is 0 Å². The molecule has 6 rings (SSSR count). The van der Waals surface area contributed by atoms with Crippen LogP contribution in [-0.4, -0.2) is 10.5 Å². The Hall–Kier alpha value is -2.48. The zero-order chi connectivity index (χ0) is 18.7. The molecule has 3 aromatic carbocycles. The van der Waals surface area contributed by atoms with Gasteiger partial charge in [-0.1, -0.05) is 23.9 Å². The van der Waals surface area contributed by atoms with Crippen LogP contribution in [-0.2, 0) is 11.2 Å². The summed E-state index contributed by atoms with van der Waals surface area (Å²) in [5, 5.41) is 0. The first-order valence-corrected chi connectivity index (χ1v) is 11.0. The summed E-state index contributed by atoms with van der Waals surface area (Å²) in [6.07, 6.45) is -0.453. The lowest BCUT2D eigenvalue weighted by molar-refractivity contribution is 0.0485. The summed E-state index contributed by atoms with van der Waals surface area (Å²) in [5.74, 6) is 3.25. The fourth-order valence-electron chi connectivity index (χ4n) is 3.44. The molecule has 3 heterocycles. The standard InChI is InChI=1S/C21H14O5S2/c22-28-11-23-17-9-13(6-8-19(17)28)21-26-16-7-5-12(10-18(16)27-21)20-24-14-3-1-2-4-15(14)25-20/h1-10,20-21H,11H2. The van der Waals surface area contributed by atoms with Crippen LogP contribution < -0.4 is 18.9 Å². The zero-order valence-electron chi connectivity index (χ0n) is 14.5. The second kappa shape index (κ2) is 6.27. The minimum absolute atomic E-state index is 0.171. The average Bonchev–Trinajstić information content (AvgIpc) is 3.43. The van der Waals surface area contributed by atoms with Crippen molar-refractivity contribution in [2.75, 3.05) is 5.94 Å². The van der Waals surface area contributed by atoms with Crippen molar-refractivity contribution < 1.29 is 23.5 Å². The Labute approximate surface area is 168 Å². The van der Waals surface area contributed by atoms with E-state index in [1.807, 2.05) is 54.6 Å². The van der Waals surface area contributed by atoms with Crippen molar-refractivity contribution in [2.24, 2.45) is 0 Å². The molecule has 2 atom stereocenters. The molecule has 2 unspecified atom stereocenters. The van der Waals surface area contributed by atoms with E-state index < -0.39 is 17.5 Å². The van der Waals surface area contributed by atoms with Crippen molar-refractivity contribution in [1.29, 1.82) is 0 Å². The molecule has 3 aliphatic rings. The molecule has 0 saturated carbocycles. The Balaban J connectivity index is 1.24. The highest BCUT2D eigenvalue weighted by atomic mass is 32.2. The largest absolute Gasteiger partial charge is 0.609 e. The lowest BCUT2D eigenvalue weighted by Crippen LogP contribution is -2.07. The summed E-state index contributed by atoms with van der Waals surface area (Å²) in [6, 6.07) is 19.4. The Morgan fingerprint density at radius 2 is 1.61 bits per heavy atom. The van der Waals surface area contributed by atoms with Crippen molar-refractivity contribution in [3.63, 3.8) is 0 Å². The molecule has 0 radical (unpaired) electrons. The van der Waals surface area contributed by atoms with E-state index in [4.69, 9.17) is 18.9 Å². The van der Waals surface area contributed by atoms with Gasteiger partial charge in [-0.25, -0.2) is 0 Å². The molecule has 0 fully saturated rings. The number of benzene rings is 3. The first-order valence-electron chi connectivity index (χ1n) is 8.79. The van der Waals surface area contributed by atoms with Crippen LogP contribution in [0, 0.1) is 0 Å². The van der Waals surface area contributed by atoms with Gasteiger partial charge in [-0.15, -0.1) is 0 Å². The van der Waals surface area contributed by atoms with Crippen molar-refractivity contribution in [3.05, 3.63) is 71.8 Å². The van der Waals surface area contributed by atoms with Crippen LogP contribution in [0.1, 0.15) is 22.9 Å². The third-order valence-corrected chi connectivity index (χ3v) is 7.15. The molecule has 0 N–H and O–H groups in total. The molecule has 3 aliphatic heterocycles. The maximum atomic E-state index is 11.8. The topological polar surface area (TPSA) is 60.0 Å². The minimum atomic E-state index is -1.07. The first-order chi connectivity index (χ1) is 13.7. The molecule has 7 heteroatoms. The Morgan fingerprint density at radius 1 is 0.821 bits per heavy atom. The highest BCUT2D eigenvalue weighted by Crippen LogP contribution is 2.51. The van der Waals surface area contributed by atoms with E-state index in [0.29, 0.717) is 5.75 Å². The summed E-state index contributed by atoms with van der Waals surface area (Å²) in [7, 11) is 0. The van der Waals surface area contributed by atoms with Crippen molar-refractivity contribution >= 4 is 22.9 Å². The summed E-state index contributed by atoms with van der Waals surface area (Å²) in [6.45, 7) is 0. The number of ether oxygens (including phenoxy) is 4. The molecule has 0 amide bonds. The molecule has 140 valence electrons. The van der Waals surface area contributed by atoms with Gasteiger partial charge < -0.3 is 23.5 Å². The number of rotatable bonds is 2. The van der Waals surface area contributed by atoms with Gasteiger partial charge in [0, 0.05) is 22.3 Å². The zero-order valence-corrected chi connectivity index (χ0v) is 16.1. The average molecular weight is 410 g/mol. The Bertz CT molecular complexity index is 1060. The van der Waals surface area contributed by atoms with Crippen molar-refractivity contribution in [3.8, 4) is 23.0 Å². The molecule has 0 saturated heterocycles. The van der Waals surface area contributed by atoms with Gasteiger partial charge in [0.2, 0.25) is 0 Å². The van der Waals surface area contributed by atoms with Gasteiger partial charge in [0.15, 0.2) is 27.6 Å². The monoisotopic (exact) mass is 410 g/mol. The normalized spacial score (nSPS) is 21.8. The summed E-state index contributed by atoms with van der Waals surface area (Å²) >= 11 is 0.561. The molecule has 28 heavy (non-hydrogen) atoms. The maximum Gasteiger partial charge on any atom is 0.268 e. The van der Waals surface area contributed by atoms with Gasteiger partial charge >= 0.3 is 0 Å². The van der Waals surface area contributed by atoms with Gasteiger partial charge in [-0.05, 0) is 48.5 Å². The van der Waals surface area contributed by atoms with E-state index in [0.717, 1.165) is 38.2 Å². The quantitative estimate of drug-likeness (QED) is 0.566. The van der Waals surface area contributed by atoms with Crippen LogP contribution in [0.25, 0.3) is 0 Å². The van der Waals surface area contributed by atoms with Gasteiger partial charge in [0.1, 0.15) is 5.75 Å². The van der Waals surface area contributed by atoms with E-state index >= 15 is 0 Å². The van der Waals surface area contributed by atoms with Crippen LogP contribution in [0.3, 0.4) is 0 Å². The predicted octanol–water partition coefficient (Wildman–Crippen LogP) is 4.80. The molecular weight excluding hydrogens is 396 g/mol. The molecule has 0 spiro atoms. The Morgan fingerprint density at radius 3 is 2.43 bits per heavy atom. The Kier molecular flexibility index (Phi) is 3.69. The molecular formula is C21H14O5S2. The fraction of sp³-hybridized carbons (Fsp3) is 0.143. The van der Waals surface area contributed by atoms with Crippen LogP contribution in [0.5, 0.6) is 23.0 Å². The SMILES string of the molecule is [O-][S+]1COc2cc(C3Oc4ccc(C5Oc6ccccc6O5)cc4S3)ccc21. The molecule has 3 aromatic rings. The number of thioether (sulfide) groups is 1. The third-order valence-electron chi connectivity index (χ3n) is 4.83. The van der Waals surface area contributed by atoms with E-state index in [9.17, 15) is 4.55 Å². The second-order valence-corrected chi connectivity index (χ2v) is 9.07. The van der Waals surface area contributed by atoms with E-state index in [1.54, 1.807) is 11.8 Å². The van der Waals surface area contributed by atoms with E-state index in [-0.39, 0.29) is 11.4 Å². The van der Waals surface area contributed by atoms with Gasteiger partial charge in [0.25, 0.3) is 12.2 Å². The smallest absolute Gasteiger partial charge is 0.268 e. The highest BCUT2D eigenvalue weighted by molar-refractivity contribution is 7.99. The lowest BCUT2D eigenvalue weighted by atomic mass is 10.2. The number of fused-ring (bicyclic) bond motifs is 3. The first kappa shape index (κ1) is 16.5. The van der Waals surface area contributed by atoms with Gasteiger partial charge in [0.05, 0.1) is 4.90 Å². The summed E-state index contributed by atoms with van der Waals surface area (Å²) in [5.41, 5.74) is 1.76. The summed E-state index contributed by atoms with van der Waals surface area (Å²) in [4.78, 5) is 1.79. The van der Waals surface area contributed by atoms with Crippen LogP contribution in [0.15, 0.2) is 70.5 Å². The van der Waals surface area contributed by atoms with E-state index in [1.165, 1.54) is 0 Å². The summed E-state index contributed by atoms with van der Waals surface area (Å²) < 4.78 is 35.3. The molecule has 5 nitrogen and oxygen atoms in total. The van der Waals surface area contributed by atoms with Crippen LogP contribution >= 0.6 is 11.8 Å². The van der Waals surface area contributed by atoms with Crippen molar-refractivity contribution in [2.45, 2.75) is 21.5 Å². The van der Waals surface area contributed by atoms with Crippen LogP contribution in [0.2, 0.25) is 0 Å². The minimum Gasteiger partial charge on any atom is -0.609 e. The number of hydrogen-bond donors (Lipinski definition) is 0. The van der Waals surface area contributed by atoms with Crippen LogP contribution in [0.4, 0.5) is 0 Å². The predicted molar refractivity (Wildman–Crippen MR) is 104 cm³/mol.